The highest BCUT2D eigenvalue weighted by Crippen LogP contribution is 2.31. The molecule has 0 aliphatic heterocycles. The number of rotatable bonds is 6. The SMILES string of the molecule is COc1ccc(S(=O)(=O)N(C)c2ccc(C(=O)NO)cc2)cc1OC. The van der Waals surface area contributed by atoms with Gasteiger partial charge in [-0.15, -0.1) is 0 Å². The van der Waals surface area contributed by atoms with Crippen molar-refractivity contribution < 1.29 is 27.9 Å². The minimum atomic E-state index is -3.84. The zero-order valence-electron chi connectivity index (χ0n) is 13.9. The molecule has 0 bridgehead atoms. The number of carbonyl (C=O) groups excluding carboxylic acids is 1. The van der Waals surface area contributed by atoms with Crippen LogP contribution in [0.3, 0.4) is 0 Å². The van der Waals surface area contributed by atoms with E-state index in [1.807, 2.05) is 0 Å². The zero-order chi connectivity index (χ0) is 18.6. The molecule has 0 aromatic heterocycles. The maximum absolute atomic E-state index is 12.8. The largest absolute Gasteiger partial charge is 0.493 e. The summed E-state index contributed by atoms with van der Waals surface area (Å²) in [5.41, 5.74) is 2.06. The molecule has 2 aromatic rings. The highest BCUT2D eigenvalue weighted by Gasteiger charge is 2.23. The first-order valence-corrected chi connectivity index (χ1v) is 8.54. The summed E-state index contributed by atoms with van der Waals surface area (Å²) in [7, 11) is 0.436. The molecule has 0 saturated carbocycles. The lowest BCUT2D eigenvalue weighted by atomic mass is 10.2. The van der Waals surface area contributed by atoms with E-state index in [2.05, 4.69) is 0 Å². The number of methoxy groups -OCH3 is 2. The fourth-order valence-corrected chi connectivity index (χ4v) is 3.37. The lowest BCUT2D eigenvalue weighted by Gasteiger charge is -2.20. The Bertz CT molecular complexity index is 865. The molecule has 0 unspecified atom stereocenters. The highest BCUT2D eigenvalue weighted by atomic mass is 32.2. The van der Waals surface area contributed by atoms with Gasteiger partial charge in [0.1, 0.15) is 0 Å². The summed E-state index contributed by atoms with van der Waals surface area (Å²) in [5, 5.41) is 8.61. The molecule has 2 aromatic carbocycles. The van der Waals surface area contributed by atoms with Crippen LogP contribution in [0.15, 0.2) is 47.4 Å². The van der Waals surface area contributed by atoms with E-state index in [0.29, 0.717) is 17.2 Å². The number of hydroxylamine groups is 1. The number of hydrogen-bond acceptors (Lipinski definition) is 6. The van der Waals surface area contributed by atoms with Crippen LogP contribution in [0.1, 0.15) is 10.4 Å². The van der Waals surface area contributed by atoms with Crippen molar-refractivity contribution in [2.45, 2.75) is 4.90 Å². The second-order valence-corrected chi connectivity index (χ2v) is 6.95. The summed E-state index contributed by atoms with van der Waals surface area (Å²) in [6.07, 6.45) is 0. The van der Waals surface area contributed by atoms with E-state index in [1.165, 1.54) is 69.2 Å². The van der Waals surface area contributed by atoms with Gasteiger partial charge in [0.25, 0.3) is 15.9 Å². The Balaban J connectivity index is 2.37. The topological polar surface area (TPSA) is 105 Å². The Morgan fingerprint density at radius 1 is 1.04 bits per heavy atom. The predicted molar refractivity (Wildman–Crippen MR) is 90.8 cm³/mol. The maximum Gasteiger partial charge on any atom is 0.274 e. The van der Waals surface area contributed by atoms with Crippen LogP contribution in [0, 0.1) is 0 Å². The van der Waals surface area contributed by atoms with E-state index in [9.17, 15) is 13.2 Å². The van der Waals surface area contributed by atoms with Crippen molar-refractivity contribution in [2.24, 2.45) is 0 Å². The molecular formula is C16H18N2O6S. The zero-order valence-corrected chi connectivity index (χ0v) is 14.7. The van der Waals surface area contributed by atoms with Crippen LogP contribution in [-0.4, -0.2) is 40.8 Å². The van der Waals surface area contributed by atoms with E-state index < -0.39 is 15.9 Å². The number of amides is 1. The Kier molecular flexibility index (Phi) is 5.50. The monoisotopic (exact) mass is 366 g/mol. The van der Waals surface area contributed by atoms with Crippen molar-refractivity contribution in [3.05, 3.63) is 48.0 Å². The van der Waals surface area contributed by atoms with Crippen molar-refractivity contribution >= 4 is 21.6 Å². The average Bonchev–Trinajstić information content (AvgIpc) is 2.66. The molecule has 0 atom stereocenters. The average molecular weight is 366 g/mol. The normalized spacial score (nSPS) is 10.9. The number of ether oxygens (including phenoxy) is 2. The molecule has 0 radical (unpaired) electrons. The minimum absolute atomic E-state index is 0.0322. The maximum atomic E-state index is 12.8. The molecule has 134 valence electrons. The Hall–Kier alpha value is -2.78. The quantitative estimate of drug-likeness (QED) is 0.595. The van der Waals surface area contributed by atoms with Gasteiger partial charge in [-0.2, -0.15) is 0 Å². The summed E-state index contributed by atoms with van der Waals surface area (Å²) in [6, 6.07) is 10.0. The summed E-state index contributed by atoms with van der Waals surface area (Å²) in [4.78, 5) is 11.4. The molecule has 2 rings (SSSR count). The number of benzene rings is 2. The summed E-state index contributed by atoms with van der Waals surface area (Å²) in [5.74, 6) is 0.0346. The van der Waals surface area contributed by atoms with E-state index in [-0.39, 0.29) is 10.5 Å². The van der Waals surface area contributed by atoms with Crippen LogP contribution in [-0.2, 0) is 10.0 Å². The van der Waals surface area contributed by atoms with E-state index in [1.54, 1.807) is 0 Å². The number of anilines is 1. The smallest absolute Gasteiger partial charge is 0.274 e. The first-order valence-electron chi connectivity index (χ1n) is 7.10. The molecular weight excluding hydrogens is 348 g/mol. The minimum Gasteiger partial charge on any atom is -0.493 e. The Morgan fingerprint density at radius 3 is 2.16 bits per heavy atom. The van der Waals surface area contributed by atoms with Gasteiger partial charge in [-0.1, -0.05) is 0 Å². The molecule has 8 nitrogen and oxygen atoms in total. The van der Waals surface area contributed by atoms with Crippen LogP contribution >= 0.6 is 0 Å². The standard InChI is InChI=1S/C16H18N2O6S/c1-18(12-6-4-11(5-7-12)16(19)17-20)25(21,22)13-8-9-14(23-2)15(10-13)24-3/h4-10,20H,1-3H3,(H,17,19). The number of hydrogen-bond donors (Lipinski definition) is 2. The molecule has 25 heavy (non-hydrogen) atoms. The first-order chi connectivity index (χ1) is 11.8. The molecule has 0 aliphatic rings. The number of nitrogens with zero attached hydrogens (tertiary/aromatic N) is 1. The summed E-state index contributed by atoms with van der Waals surface area (Å²) < 4.78 is 36.9. The number of carbonyl (C=O) groups is 1. The Morgan fingerprint density at radius 2 is 1.64 bits per heavy atom. The van der Waals surface area contributed by atoms with Crippen LogP contribution in [0.5, 0.6) is 11.5 Å². The van der Waals surface area contributed by atoms with Crippen molar-refractivity contribution in [3.63, 3.8) is 0 Å². The van der Waals surface area contributed by atoms with E-state index in [4.69, 9.17) is 14.7 Å². The van der Waals surface area contributed by atoms with Crippen LogP contribution in [0.4, 0.5) is 5.69 Å². The van der Waals surface area contributed by atoms with Crippen LogP contribution in [0.25, 0.3) is 0 Å². The number of sulfonamides is 1. The molecule has 2 N–H and O–H groups in total. The van der Waals surface area contributed by atoms with E-state index in [0.717, 1.165) is 4.31 Å². The van der Waals surface area contributed by atoms with Crippen molar-refractivity contribution in [3.8, 4) is 11.5 Å². The predicted octanol–water partition coefficient (Wildman–Crippen LogP) is 1.65. The fourth-order valence-electron chi connectivity index (χ4n) is 2.16. The van der Waals surface area contributed by atoms with E-state index >= 15 is 0 Å². The third kappa shape index (κ3) is 3.67. The first kappa shape index (κ1) is 18.6. The third-order valence-electron chi connectivity index (χ3n) is 3.61. The van der Waals surface area contributed by atoms with Crippen molar-refractivity contribution in [1.29, 1.82) is 0 Å². The van der Waals surface area contributed by atoms with Crippen LogP contribution in [0.2, 0.25) is 0 Å². The van der Waals surface area contributed by atoms with Gasteiger partial charge in [0.05, 0.1) is 24.8 Å². The molecule has 0 saturated heterocycles. The van der Waals surface area contributed by atoms with Crippen LogP contribution < -0.4 is 19.3 Å². The van der Waals surface area contributed by atoms with Gasteiger partial charge in [0.2, 0.25) is 0 Å². The van der Waals surface area contributed by atoms with Crippen molar-refractivity contribution in [2.75, 3.05) is 25.6 Å². The highest BCUT2D eigenvalue weighted by molar-refractivity contribution is 7.92. The van der Waals surface area contributed by atoms with Gasteiger partial charge in [-0.05, 0) is 36.4 Å². The van der Waals surface area contributed by atoms with Gasteiger partial charge < -0.3 is 9.47 Å². The molecule has 0 heterocycles. The molecule has 9 heteroatoms. The number of nitrogens with one attached hydrogen (secondary N) is 1. The lowest BCUT2D eigenvalue weighted by Crippen LogP contribution is -2.26. The molecule has 0 fully saturated rings. The third-order valence-corrected chi connectivity index (χ3v) is 5.39. The van der Waals surface area contributed by atoms with Gasteiger partial charge >= 0.3 is 0 Å². The van der Waals surface area contributed by atoms with Gasteiger partial charge in [0, 0.05) is 18.7 Å². The summed E-state index contributed by atoms with van der Waals surface area (Å²) in [6.45, 7) is 0. The van der Waals surface area contributed by atoms with Gasteiger partial charge in [0.15, 0.2) is 11.5 Å². The Labute approximate surface area is 145 Å². The molecule has 0 spiro atoms. The van der Waals surface area contributed by atoms with Gasteiger partial charge in [-0.25, -0.2) is 13.9 Å². The van der Waals surface area contributed by atoms with Gasteiger partial charge in [-0.3, -0.25) is 14.3 Å². The second-order valence-electron chi connectivity index (χ2n) is 4.98. The molecule has 1 amide bonds. The lowest BCUT2D eigenvalue weighted by molar-refractivity contribution is 0.0706. The summed E-state index contributed by atoms with van der Waals surface area (Å²) >= 11 is 0. The molecule has 0 aliphatic carbocycles. The van der Waals surface area contributed by atoms with Crippen molar-refractivity contribution in [1.82, 2.24) is 5.48 Å². The second kappa shape index (κ2) is 7.41. The fraction of sp³-hybridized carbons (Fsp3) is 0.188.